The van der Waals surface area contributed by atoms with Crippen molar-refractivity contribution in [1.29, 1.82) is 0 Å². The van der Waals surface area contributed by atoms with Crippen molar-refractivity contribution >= 4 is 23.5 Å². The second-order valence-corrected chi connectivity index (χ2v) is 7.95. The average molecular weight is 391 g/mol. The molecule has 6 nitrogen and oxygen atoms in total. The van der Waals surface area contributed by atoms with Gasteiger partial charge in [0.1, 0.15) is 11.3 Å². The van der Waals surface area contributed by atoms with Gasteiger partial charge in [-0.2, -0.15) is 0 Å². The molecule has 0 unspecified atom stereocenters. The van der Waals surface area contributed by atoms with E-state index in [1.165, 1.54) is 12.0 Å². The minimum absolute atomic E-state index is 0.159. The molecule has 0 N–H and O–H groups in total. The van der Waals surface area contributed by atoms with Crippen molar-refractivity contribution in [3.05, 3.63) is 54.1 Å². The van der Waals surface area contributed by atoms with E-state index < -0.39 is 5.97 Å². The molecule has 2 amide bonds. The number of rotatable bonds is 4. The number of methoxy groups -OCH3 is 1. The van der Waals surface area contributed by atoms with Gasteiger partial charge in [-0.1, -0.05) is 24.3 Å². The highest BCUT2D eigenvalue weighted by molar-refractivity contribution is 6.23. The summed E-state index contributed by atoms with van der Waals surface area (Å²) in [5.74, 6) is -0.176. The molecule has 6 heteroatoms. The number of hydrogen-bond acceptors (Lipinski definition) is 5. The molecule has 3 fully saturated rings. The van der Waals surface area contributed by atoms with Crippen LogP contribution in [0.4, 0.5) is 5.69 Å². The zero-order valence-electron chi connectivity index (χ0n) is 16.0. The van der Waals surface area contributed by atoms with Gasteiger partial charge < -0.3 is 9.47 Å². The SMILES string of the molecule is COc1ccccc1C(=O)Oc1ccccc1N1C(=O)[C@@H]2[C@H]3CC[C@@H](C3)[C@H]2C1=O. The first kappa shape index (κ1) is 17.9. The van der Waals surface area contributed by atoms with Crippen molar-refractivity contribution in [3.8, 4) is 11.5 Å². The Morgan fingerprint density at radius 1 is 0.897 bits per heavy atom. The van der Waals surface area contributed by atoms with Gasteiger partial charge in [0.2, 0.25) is 11.8 Å². The molecular weight excluding hydrogens is 370 g/mol. The smallest absolute Gasteiger partial charge is 0.347 e. The topological polar surface area (TPSA) is 72.9 Å². The maximum absolute atomic E-state index is 13.1. The Bertz CT molecular complexity index is 988. The Kier molecular flexibility index (Phi) is 4.15. The van der Waals surface area contributed by atoms with Crippen LogP contribution < -0.4 is 14.4 Å². The first-order chi connectivity index (χ1) is 14.1. The molecule has 0 aromatic heterocycles. The average Bonchev–Trinajstić information content (AvgIpc) is 3.42. The monoisotopic (exact) mass is 391 g/mol. The standard InChI is InChI=1S/C23H21NO5/c1-28-17-8-4-2-6-15(17)23(27)29-18-9-5-3-7-16(18)24-21(25)19-13-10-11-14(12-13)20(19)22(24)26/h2-9,13-14,19-20H,10-12H2,1H3/t13-,14-,19+,20+/m0/s1. The van der Waals surface area contributed by atoms with Gasteiger partial charge in [0, 0.05) is 0 Å². The number of hydrogen-bond donors (Lipinski definition) is 0. The van der Waals surface area contributed by atoms with Crippen molar-refractivity contribution in [2.75, 3.05) is 12.0 Å². The van der Waals surface area contributed by atoms with Crippen LogP contribution in [0.15, 0.2) is 48.5 Å². The van der Waals surface area contributed by atoms with E-state index in [9.17, 15) is 14.4 Å². The second-order valence-electron chi connectivity index (χ2n) is 7.95. The van der Waals surface area contributed by atoms with Gasteiger partial charge in [-0.05, 0) is 55.4 Å². The van der Waals surface area contributed by atoms with Crippen molar-refractivity contribution in [2.24, 2.45) is 23.7 Å². The number of para-hydroxylation sites is 3. The molecule has 2 aliphatic carbocycles. The fraction of sp³-hybridized carbons (Fsp3) is 0.348. The molecule has 5 rings (SSSR count). The lowest BCUT2D eigenvalue weighted by Gasteiger charge is -2.20. The summed E-state index contributed by atoms with van der Waals surface area (Å²) in [7, 11) is 1.48. The second kappa shape index (κ2) is 6.72. The van der Waals surface area contributed by atoms with E-state index in [0.29, 0.717) is 23.3 Å². The van der Waals surface area contributed by atoms with Crippen LogP contribution in [0.25, 0.3) is 0 Å². The number of benzene rings is 2. The summed E-state index contributed by atoms with van der Waals surface area (Å²) in [4.78, 5) is 40.3. The van der Waals surface area contributed by atoms with Crippen LogP contribution in [0.3, 0.4) is 0 Å². The third-order valence-electron chi connectivity index (χ3n) is 6.56. The number of anilines is 1. The van der Waals surface area contributed by atoms with Crippen LogP contribution in [-0.4, -0.2) is 24.9 Å². The zero-order chi connectivity index (χ0) is 20.1. The Hall–Kier alpha value is -3.15. The predicted molar refractivity (Wildman–Crippen MR) is 105 cm³/mol. The van der Waals surface area contributed by atoms with Crippen molar-refractivity contribution in [1.82, 2.24) is 0 Å². The lowest BCUT2D eigenvalue weighted by Crippen LogP contribution is -2.33. The summed E-state index contributed by atoms with van der Waals surface area (Å²) in [5, 5.41) is 0. The third-order valence-corrected chi connectivity index (χ3v) is 6.56. The summed E-state index contributed by atoms with van der Waals surface area (Å²) in [6, 6.07) is 13.5. The maximum atomic E-state index is 13.1. The number of esters is 1. The molecule has 2 aromatic carbocycles. The summed E-state index contributed by atoms with van der Waals surface area (Å²) < 4.78 is 10.8. The lowest BCUT2D eigenvalue weighted by atomic mass is 9.81. The van der Waals surface area contributed by atoms with E-state index >= 15 is 0 Å². The molecule has 2 bridgehead atoms. The molecule has 0 radical (unpaired) electrons. The summed E-state index contributed by atoms with van der Waals surface area (Å²) >= 11 is 0. The molecule has 29 heavy (non-hydrogen) atoms. The van der Waals surface area contributed by atoms with Crippen LogP contribution in [0.5, 0.6) is 11.5 Å². The van der Waals surface area contributed by atoms with Crippen LogP contribution in [0.2, 0.25) is 0 Å². The fourth-order valence-electron chi connectivity index (χ4n) is 5.34. The van der Waals surface area contributed by atoms with Gasteiger partial charge in [0.25, 0.3) is 0 Å². The van der Waals surface area contributed by atoms with E-state index in [2.05, 4.69) is 0 Å². The Labute approximate surface area is 168 Å². The molecule has 1 saturated heterocycles. The molecule has 2 aromatic rings. The highest BCUT2D eigenvalue weighted by Crippen LogP contribution is 2.57. The predicted octanol–water partition coefficient (Wildman–Crippen LogP) is 3.45. The van der Waals surface area contributed by atoms with E-state index in [0.717, 1.165) is 19.3 Å². The molecule has 1 aliphatic heterocycles. The number of ether oxygens (including phenoxy) is 2. The van der Waals surface area contributed by atoms with Gasteiger partial charge in [0.05, 0.1) is 24.6 Å². The molecular formula is C23H21NO5. The minimum atomic E-state index is -0.603. The highest BCUT2D eigenvalue weighted by atomic mass is 16.5. The van der Waals surface area contributed by atoms with Gasteiger partial charge in [0.15, 0.2) is 5.75 Å². The molecule has 148 valence electrons. The summed E-state index contributed by atoms with van der Waals surface area (Å²) in [6.45, 7) is 0. The first-order valence-corrected chi connectivity index (χ1v) is 9.92. The summed E-state index contributed by atoms with van der Waals surface area (Å²) in [5.41, 5.74) is 0.610. The lowest BCUT2D eigenvalue weighted by molar-refractivity contribution is -0.123. The van der Waals surface area contributed by atoms with Crippen LogP contribution >= 0.6 is 0 Å². The Morgan fingerprint density at radius 2 is 1.48 bits per heavy atom. The molecule has 0 spiro atoms. The van der Waals surface area contributed by atoms with Gasteiger partial charge in [-0.3, -0.25) is 9.59 Å². The molecule has 3 aliphatic rings. The normalized spacial score (nSPS) is 27.3. The van der Waals surface area contributed by atoms with Gasteiger partial charge >= 0.3 is 5.97 Å². The number of amides is 2. The van der Waals surface area contributed by atoms with Crippen molar-refractivity contribution in [2.45, 2.75) is 19.3 Å². The number of carbonyl (C=O) groups is 3. The zero-order valence-corrected chi connectivity index (χ0v) is 16.0. The third kappa shape index (κ3) is 2.66. The van der Waals surface area contributed by atoms with Crippen LogP contribution in [-0.2, 0) is 9.59 Å². The number of carbonyl (C=O) groups excluding carboxylic acids is 3. The molecule has 2 saturated carbocycles. The van der Waals surface area contributed by atoms with E-state index in [4.69, 9.17) is 9.47 Å². The number of fused-ring (bicyclic) bond motifs is 5. The Morgan fingerprint density at radius 3 is 2.14 bits per heavy atom. The Balaban J connectivity index is 1.47. The van der Waals surface area contributed by atoms with Crippen molar-refractivity contribution in [3.63, 3.8) is 0 Å². The molecule has 4 atom stereocenters. The minimum Gasteiger partial charge on any atom is -0.496 e. The van der Waals surface area contributed by atoms with Crippen molar-refractivity contribution < 1.29 is 23.9 Å². The largest absolute Gasteiger partial charge is 0.496 e. The van der Waals surface area contributed by atoms with E-state index in [-0.39, 0.29) is 35.0 Å². The summed E-state index contributed by atoms with van der Waals surface area (Å²) in [6.07, 6.45) is 3.01. The highest BCUT2D eigenvalue weighted by Gasteiger charge is 2.61. The van der Waals surface area contributed by atoms with Crippen LogP contribution in [0.1, 0.15) is 29.6 Å². The van der Waals surface area contributed by atoms with Crippen LogP contribution in [0, 0.1) is 23.7 Å². The fourth-order valence-corrected chi connectivity index (χ4v) is 5.34. The van der Waals surface area contributed by atoms with E-state index in [1.54, 1.807) is 48.5 Å². The number of nitrogens with zero attached hydrogens (tertiary/aromatic N) is 1. The van der Waals surface area contributed by atoms with Gasteiger partial charge in [-0.25, -0.2) is 9.69 Å². The quantitative estimate of drug-likeness (QED) is 0.453. The van der Waals surface area contributed by atoms with Gasteiger partial charge in [-0.15, -0.1) is 0 Å². The molecule has 1 heterocycles. The first-order valence-electron chi connectivity index (χ1n) is 9.92. The maximum Gasteiger partial charge on any atom is 0.347 e. The van der Waals surface area contributed by atoms with E-state index in [1.807, 2.05) is 0 Å². The number of imide groups is 1.